The van der Waals surface area contributed by atoms with E-state index in [0.29, 0.717) is 41.1 Å². The van der Waals surface area contributed by atoms with E-state index in [2.05, 4.69) is 47.3 Å². The fourth-order valence-corrected chi connectivity index (χ4v) is 5.04. The molecular weight excluding hydrogens is 450 g/mol. The second kappa shape index (κ2) is 11.1. The maximum Gasteiger partial charge on any atom is 0.250 e. The highest BCUT2D eigenvalue weighted by Gasteiger charge is 2.29. The molecule has 3 aromatic rings. The van der Waals surface area contributed by atoms with Crippen LogP contribution in [-0.2, 0) is 0 Å². The fraction of sp³-hybridized carbons (Fsp3) is 0.407. The molecule has 0 aliphatic heterocycles. The van der Waals surface area contributed by atoms with Gasteiger partial charge in [-0.1, -0.05) is 35.0 Å². The fourth-order valence-electron chi connectivity index (χ4n) is 4.92. The van der Waals surface area contributed by atoms with Gasteiger partial charge in [0.2, 0.25) is 5.82 Å². The van der Waals surface area contributed by atoms with Crippen LogP contribution in [-0.4, -0.2) is 43.4 Å². The van der Waals surface area contributed by atoms with E-state index in [1.54, 1.807) is 14.2 Å². The molecule has 6 nitrogen and oxygen atoms in total. The lowest BCUT2D eigenvalue weighted by atomic mass is 9.76. The minimum Gasteiger partial charge on any atom is -0.493 e. The third kappa shape index (κ3) is 5.62. The standard InChI is InChI=1S/C27H32ClN3O3/c1-31(2)26(20-10-13-22(28)14-11-20)19-8-5-18(6-9-19)7-16-25-29-27(30-34-25)21-12-15-23(32-3)24(17-21)33-4/h7,10-19,26H,5-6,8-9H2,1-4H3. The van der Waals surface area contributed by atoms with Crippen molar-refractivity contribution >= 4 is 17.7 Å². The highest BCUT2D eigenvalue weighted by atomic mass is 35.5. The van der Waals surface area contributed by atoms with E-state index in [9.17, 15) is 0 Å². The first kappa shape index (κ1) is 24.3. The topological polar surface area (TPSA) is 60.6 Å². The Labute approximate surface area is 206 Å². The Morgan fingerprint density at radius 3 is 2.35 bits per heavy atom. The van der Waals surface area contributed by atoms with Crippen LogP contribution in [0.4, 0.5) is 0 Å². The third-order valence-corrected chi connectivity index (χ3v) is 6.88. The molecule has 1 aliphatic carbocycles. The monoisotopic (exact) mass is 481 g/mol. The summed E-state index contributed by atoms with van der Waals surface area (Å²) in [4.78, 5) is 6.86. The summed E-state index contributed by atoms with van der Waals surface area (Å²) >= 11 is 6.10. The minimum absolute atomic E-state index is 0.405. The van der Waals surface area contributed by atoms with Crippen LogP contribution >= 0.6 is 11.6 Å². The van der Waals surface area contributed by atoms with Gasteiger partial charge in [0.1, 0.15) is 0 Å². The lowest BCUT2D eigenvalue weighted by Gasteiger charge is -2.37. The van der Waals surface area contributed by atoms with Gasteiger partial charge in [-0.3, -0.25) is 0 Å². The minimum atomic E-state index is 0.405. The van der Waals surface area contributed by atoms with Gasteiger partial charge in [0.05, 0.1) is 14.2 Å². The van der Waals surface area contributed by atoms with E-state index in [0.717, 1.165) is 23.4 Å². The Balaban J connectivity index is 1.37. The smallest absolute Gasteiger partial charge is 0.250 e. The quantitative estimate of drug-likeness (QED) is 0.364. The summed E-state index contributed by atoms with van der Waals surface area (Å²) in [5.41, 5.74) is 2.15. The summed E-state index contributed by atoms with van der Waals surface area (Å²) in [6, 6.07) is 14.3. The SMILES string of the molecule is COc1ccc(-c2noc(C=CC3CCC(C(c4ccc(Cl)cc4)N(C)C)CC3)n2)cc1OC. The van der Waals surface area contributed by atoms with Gasteiger partial charge in [-0.25, -0.2) is 0 Å². The van der Waals surface area contributed by atoms with Crippen molar-refractivity contribution in [3.8, 4) is 22.9 Å². The van der Waals surface area contributed by atoms with Crippen molar-refractivity contribution in [2.24, 2.45) is 11.8 Å². The molecule has 0 spiro atoms. The Bertz CT molecular complexity index is 1100. The van der Waals surface area contributed by atoms with Gasteiger partial charge in [-0.15, -0.1) is 0 Å². The van der Waals surface area contributed by atoms with E-state index < -0.39 is 0 Å². The largest absolute Gasteiger partial charge is 0.493 e. The van der Waals surface area contributed by atoms with Crippen LogP contribution in [0.1, 0.15) is 43.2 Å². The van der Waals surface area contributed by atoms with E-state index in [-0.39, 0.29) is 0 Å². The number of halogens is 1. The summed E-state index contributed by atoms with van der Waals surface area (Å²) in [5.74, 6) is 3.48. The summed E-state index contributed by atoms with van der Waals surface area (Å²) in [7, 11) is 7.55. The van der Waals surface area contributed by atoms with Gasteiger partial charge in [0.25, 0.3) is 5.89 Å². The number of methoxy groups -OCH3 is 2. The molecule has 1 aliphatic rings. The highest BCUT2D eigenvalue weighted by molar-refractivity contribution is 6.30. The van der Waals surface area contributed by atoms with Crippen LogP contribution < -0.4 is 9.47 Å². The molecule has 7 heteroatoms. The number of aromatic nitrogens is 2. The molecule has 34 heavy (non-hydrogen) atoms. The molecular formula is C27H32ClN3O3. The van der Waals surface area contributed by atoms with Crippen LogP contribution in [0.25, 0.3) is 17.5 Å². The lowest BCUT2D eigenvalue weighted by molar-refractivity contribution is 0.159. The molecule has 0 N–H and O–H groups in total. The molecule has 1 heterocycles. The molecule has 4 rings (SSSR count). The summed E-state index contributed by atoms with van der Waals surface area (Å²) < 4.78 is 16.1. The van der Waals surface area contributed by atoms with Crippen molar-refractivity contribution in [2.45, 2.75) is 31.7 Å². The Morgan fingerprint density at radius 2 is 1.71 bits per heavy atom. The van der Waals surface area contributed by atoms with E-state index in [1.165, 1.54) is 18.4 Å². The first-order chi connectivity index (χ1) is 16.5. The zero-order chi connectivity index (χ0) is 24.1. The van der Waals surface area contributed by atoms with Crippen LogP contribution in [0, 0.1) is 11.8 Å². The average Bonchev–Trinajstić information content (AvgIpc) is 3.33. The molecule has 1 fully saturated rings. The summed E-state index contributed by atoms with van der Waals surface area (Å²) in [5, 5.41) is 4.91. The predicted octanol–water partition coefficient (Wildman–Crippen LogP) is 6.53. The molecule has 0 bridgehead atoms. The number of nitrogens with zero attached hydrogens (tertiary/aromatic N) is 3. The van der Waals surface area contributed by atoms with Crippen LogP contribution in [0.2, 0.25) is 5.02 Å². The molecule has 1 aromatic heterocycles. The van der Waals surface area contributed by atoms with Gasteiger partial charge in [-0.2, -0.15) is 4.98 Å². The van der Waals surface area contributed by atoms with Gasteiger partial charge in [0.15, 0.2) is 11.5 Å². The molecule has 2 aromatic carbocycles. The Morgan fingerprint density at radius 1 is 1.00 bits per heavy atom. The molecule has 0 saturated heterocycles. The van der Waals surface area contributed by atoms with Crippen molar-refractivity contribution in [3.63, 3.8) is 0 Å². The number of benzene rings is 2. The maximum atomic E-state index is 6.10. The molecule has 0 radical (unpaired) electrons. The van der Waals surface area contributed by atoms with Crippen LogP contribution in [0.15, 0.2) is 53.1 Å². The second-order valence-electron chi connectivity index (χ2n) is 9.02. The maximum absolute atomic E-state index is 6.10. The normalized spacial score (nSPS) is 19.5. The lowest BCUT2D eigenvalue weighted by Crippen LogP contribution is -2.30. The van der Waals surface area contributed by atoms with Gasteiger partial charge in [0, 0.05) is 16.6 Å². The average molecular weight is 482 g/mol. The van der Waals surface area contributed by atoms with Crippen molar-refractivity contribution in [3.05, 3.63) is 65.0 Å². The number of allylic oxidation sites excluding steroid dienone is 1. The Hall–Kier alpha value is -2.83. The summed E-state index contributed by atoms with van der Waals surface area (Å²) in [6.45, 7) is 0. The molecule has 1 saturated carbocycles. The predicted molar refractivity (Wildman–Crippen MR) is 135 cm³/mol. The van der Waals surface area contributed by atoms with E-state index >= 15 is 0 Å². The third-order valence-electron chi connectivity index (χ3n) is 6.63. The molecule has 1 unspecified atom stereocenters. The Kier molecular flexibility index (Phi) is 7.91. The van der Waals surface area contributed by atoms with Gasteiger partial charge in [-0.05, 0) is 93.6 Å². The van der Waals surface area contributed by atoms with Crippen molar-refractivity contribution in [2.75, 3.05) is 28.3 Å². The first-order valence-corrected chi connectivity index (χ1v) is 12.0. The van der Waals surface area contributed by atoms with Crippen molar-refractivity contribution in [1.82, 2.24) is 15.0 Å². The second-order valence-corrected chi connectivity index (χ2v) is 9.46. The number of hydrogen-bond donors (Lipinski definition) is 0. The van der Waals surface area contributed by atoms with Gasteiger partial charge < -0.3 is 18.9 Å². The molecule has 180 valence electrons. The molecule has 0 amide bonds. The van der Waals surface area contributed by atoms with Crippen LogP contribution in [0.5, 0.6) is 11.5 Å². The van der Waals surface area contributed by atoms with Gasteiger partial charge >= 0.3 is 0 Å². The van der Waals surface area contributed by atoms with Crippen molar-refractivity contribution < 1.29 is 14.0 Å². The molecule has 1 atom stereocenters. The van der Waals surface area contributed by atoms with E-state index in [4.69, 9.17) is 25.6 Å². The summed E-state index contributed by atoms with van der Waals surface area (Å²) in [6.07, 6.45) is 8.83. The number of ether oxygens (including phenoxy) is 2. The highest BCUT2D eigenvalue weighted by Crippen LogP contribution is 2.40. The zero-order valence-electron chi connectivity index (χ0n) is 20.2. The van der Waals surface area contributed by atoms with E-state index in [1.807, 2.05) is 36.4 Å². The van der Waals surface area contributed by atoms with Crippen molar-refractivity contribution in [1.29, 1.82) is 0 Å². The zero-order valence-corrected chi connectivity index (χ0v) is 21.0. The number of rotatable bonds is 8. The first-order valence-electron chi connectivity index (χ1n) is 11.6. The number of hydrogen-bond acceptors (Lipinski definition) is 6. The van der Waals surface area contributed by atoms with Crippen LogP contribution in [0.3, 0.4) is 0 Å².